The van der Waals surface area contributed by atoms with Crippen molar-refractivity contribution in [1.82, 2.24) is 4.90 Å². The molecule has 0 saturated carbocycles. The molecule has 2 unspecified atom stereocenters. The number of benzene rings is 1. The van der Waals surface area contributed by atoms with E-state index in [1.165, 1.54) is 0 Å². The lowest BCUT2D eigenvalue weighted by atomic mass is 9.89. The third kappa shape index (κ3) is 3.22. The summed E-state index contributed by atoms with van der Waals surface area (Å²) in [6.07, 6.45) is 0. The van der Waals surface area contributed by atoms with Crippen LogP contribution in [-0.2, 0) is 9.53 Å². The molecule has 1 aromatic carbocycles. The zero-order chi connectivity index (χ0) is 14.0. The fraction of sp³-hybridized carbons (Fsp3) is 0.500. The molecule has 5 heteroatoms. The van der Waals surface area contributed by atoms with Crippen molar-refractivity contribution in [1.29, 1.82) is 0 Å². The molecule has 2 rings (SSSR count). The van der Waals surface area contributed by atoms with Crippen LogP contribution >= 0.6 is 23.2 Å². The molecule has 0 aliphatic carbocycles. The van der Waals surface area contributed by atoms with Gasteiger partial charge in [0.2, 0.25) is 0 Å². The van der Waals surface area contributed by atoms with Crippen LogP contribution in [0, 0.1) is 5.92 Å². The van der Waals surface area contributed by atoms with Crippen molar-refractivity contribution in [3.8, 4) is 0 Å². The van der Waals surface area contributed by atoms with Crippen LogP contribution in [0.25, 0.3) is 0 Å². The molecule has 0 bridgehead atoms. The summed E-state index contributed by atoms with van der Waals surface area (Å²) in [6.45, 7) is 3.72. The van der Waals surface area contributed by atoms with Gasteiger partial charge in [-0.2, -0.15) is 0 Å². The van der Waals surface area contributed by atoms with E-state index in [2.05, 4.69) is 4.90 Å². The predicted octanol–water partition coefficient (Wildman–Crippen LogP) is 3.20. The van der Waals surface area contributed by atoms with Gasteiger partial charge in [0.05, 0.1) is 12.5 Å². The van der Waals surface area contributed by atoms with Crippen LogP contribution in [-0.4, -0.2) is 37.6 Å². The van der Waals surface area contributed by atoms with E-state index in [0.29, 0.717) is 23.2 Å². The lowest BCUT2D eigenvalue weighted by Gasteiger charge is -2.18. The van der Waals surface area contributed by atoms with Crippen molar-refractivity contribution in [3.05, 3.63) is 33.8 Å². The number of hydrogen-bond donors (Lipinski definition) is 0. The number of carbonyl (C=O) groups excluding carboxylic acids is 1. The van der Waals surface area contributed by atoms with Gasteiger partial charge in [-0.05, 0) is 31.7 Å². The molecule has 104 valence electrons. The van der Waals surface area contributed by atoms with E-state index in [4.69, 9.17) is 27.9 Å². The summed E-state index contributed by atoms with van der Waals surface area (Å²) in [4.78, 5) is 14.2. The van der Waals surface area contributed by atoms with Crippen LogP contribution in [0.4, 0.5) is 0 Å². The Morgan fingerprint density at radius 2 is 2.16 bits per heavy atom. The normalized spacial score (nSPS) is 23.6. The van der Waals surface area contributed by atoms with Crippen molar-refractivity contribution < 1.29 is 9.53 Å². The first-order chi connectivity index (χ1) is 9.02. The number of nitrogens with zero attached hydrogens (tertiary/aromatic N) is 1. The minimum Gasteiger partial charge on any atom is -0.466 e. The first-order valence-electron chi connectivity index (χ1n) is 6.33. The van der Waals surface area contributed by atoms with Crippen molar-refractivity contribution in [2.24, 2.45) is 5.92 Å². The Bertz CT molecular complexity index is 479. The summed E-state index contributed by atoms with van der Waals surface area (Å²) >= 11 is 12.2. The van der Waals surface area contributed by atoms with E-state index in [-0.39, 0.29) is 17.8 Å². The number of likely N-dealkylation sites (N-methyl/N-ethyl adjacent to an activating group) is 1. The topological polar surface area (TPSA) is 29.5 Å². The van der Waals surface area contributed by atoms with Crippen LogP contribution in [0.15, 0.2) is 18.2 Å². The van der Waals surface area contributed by atoms with Gasteiger partial charge in [-0.15, -0.1) is 0 Å². The smallest absolute Gasteiger partial charge is 0.310 e. The maximum atomic E-state index is 12.0. The molecule has 1 saturated heterocycles. The predicted molar refractivity (Wildman–Crippen MR) is 76.8 cm³/mol. The minimum atomic E-state index is -0.163. The molecule has 3 nitrogen and oxygen atoms in total. The fourth-order valence-electron chi connectivity index (χ4n) is 2.61. The van der Waals surface area contributed by atoms with Crippen LogP contribution < -0.4 is 0 Å². The van der Waals surface area contributed by atoms with Gasteiger partial charge in [0.15, 0.2) is 0 Å². The molecule has 0 aromatic heterocycles. The SMILES string of the molecule is CCOC(=O)C1CN(C)CC1c1ccc(Cl)cc1Cl. The van der Waals surface area contributed by atoms with Gasteiger partial charge in [0.1, 0.15) is 0 Å². The van der Waals surface area contributed by atoms with Crippen LogP contribution in [0.3, 0.4) is 0 Å². The minimum absolute atomic E-state index is 0.0637. The van der Waals surface area contributed by atoms with E-state index < -0.39 is 0 Å². The van der Waals surface area contributed by atoms with Crippen molar-refractivity contribution in [2.75, 3.05) is 26.7 Å². The second-order valence-electron chi connectivity index (χ2n) is 4.85. The average molecular weight is 302 g/mol. The Morgan fingerprint density at radius 1 is 1.42 bits per heavy atom. The molecule has 0 amide bonds. The third-order valence-electron chi connectivity index (χ3n) is 3.45. The molecular weight excluding hydrogens is 285 g/mol. The van der Waals surface area contributed by atoms with Crippen LogP contribution in [0.2, 0.25) is 10.0 Å². The maximum Gasteiger partial charge on any atom is 0.310 e. The number of rotatable bonds is 3. The van der Waals surface area contributed by atoms with Gasteiger partial charge < -0.3 is 9.64 Å². The Balaban J connectivity index is 2.27. The molecule has 0 spiro atoms. The zero-order valence-electron chi connectivity index (χ0n) is 11.0. The van der Waals surface area contributed by atoms with E-state index in [1.54, 1.807) is 6.07 Å². The fourth-order valence-corrected chi connectivity index (χ4v) is 3.15. The first kappa shape index (κ1) is 14.6. The zero-order valence-corrected chi connectivity index (χ0v) is 12.5. The summed E-state index contributed by atoms with van der Waals surface area (Å²) in [5, 5.41) is 1.22. The van der Waals surface area contributed by atoms with Crippen molar-refractivity contribution in [3.63, 3.8) is 0 Å². The Kier molecular flexibility index (Phi) is 4.71. The van der Waals surface area contributed by atoms with E-state index in [1.807, 2.05) is 26.1 Å². The molecular formula is C14H17Cl2NO2. The number of ether oxygens (including phenoxy) is 1. The second kappa shape index (κ2) is 6.12. The summed E-state index contributed by atoms with van der Waals surface area (Å²) in [5.41, 5.74) is 0.966. The highest BCUT2D eigenvalue weighted by molar-refractivity contribution is 6.35. The lowest BCUT2D eigenvalue weighted by molar-refractivity contribution is -0.147. The van der Waals surface area contributed by atoms with Crippen molar-refractivity contribution in [2.45, 2.75) is 12.8 Å². The monoisotopic (exact) mass is 301 g/mol. The number of esters is 1. The Hall–Kier alpha value is -0.770. The number of carbonyl (C=O) groups is 1. The van der Waals surface area contributed by atoms with Gasteiger partial charge >= 0.3 is 5.97 Å². The highest BCUT2D eigenvalue weighted by Gasteiger charge is 2.38. The standard InChI is InChI=1S/C14H17Cl2NO2/c1-3-19-14(18)12-8-17(2)7-11(12)10-5-4-9(15)6-13(10)16/h4-6,11-12H,3,7-8H2,1-2H3. The quantitative estimate of drug-likeness (QED) is 0.803. The average Bonchev–Trinajstić information content (AvgIpc) is 2.71. The lowest BCUT2D eigenvalue weighted by Crippen LogP contribution is -2.24. The van der Waals surface area contributed by atoms with Gasteiger partial charge in [0, 0.05) is 29.1 Å². The molecule has 1 aromatic rings. The number of hydrogen-bond acceptors (Lipinski definition) is 3. The van der Waals surface area contributed by atoms with Gasteiger partial charge in [-0.3, -0.25) is 4.79 Å². The van der Waals surface area contributed by atoms with Gasteiger partial charge in [0.25, 0.3) is 0 Å². The van der Waals surface area contributed by atoms with Crippen LogP contribution in [0.5, 0.6) is 0 Å². The molecule has 1 aliphatic heterocycles. The maximum absolute atomic E-state index is 12.0. The Labute approximate surface area is 123 Å². The highest BCUT2D eigenvalue weighted by Crippen LogP contribution is 2.37. The first-order valence-corrected chi connectivity index (χ1v) is 7.08. The molecule has 0 radical (unpaired) electrons. The van der Waals surface area contributed by atoms with E-state index >= 15 is 0 Å². The largest absolute Gasteiger partial charge is 0.466 e. The Morgan fingerprint density at radius 3 is 2.79 bits per heavy atom. The van der Waals surface area contributed by atoms with Crippen molar-refractivity contribution >= 4 is 29.2 Å². The molecule has 2 atom stereocenters. The molecule has 1 aliphatic rings. The van der Waals surface area contributed by atoms with Gasteiger partial charge in [-0.1, -0.05) is 29.3 Å². The summed E-state index contributed by atoms with van der Waals surface area (Å²) < 4.78 is 5.15. The molecule has 0 N–H and O–H groups in total. The summed E-state index contributed by atoms with van der Waals surface area (Å²) in [5.74, 6) is -0.250. The van der Waals surface area contributed by atoms with Crippen LogP contribution in [0.1, 0.15) is 18.4 Å². The van der Waals surface area contributed by atoms with E-state index in [0.717, 1.165) is 12.1 Å². The molecule has 1 fully saturated rings. The van der Waals surface area contributed by atoms with E-state index in [9.17, 15) is 4.79 Å². The number of halogens is 2. The summed E-state index contributed by atoms with van der Waals surface area (Å²) in [7, 11) is 2.00. The second-order valence-corrected chi connectivity index (χ2v) is 5.70. The van der Waals surface area contributed by atoms with Gasteiger partial charge in [-0.25, -0.2) is 0 Å². The highest BCUT2D eigenvalue weighted by atomic mass is 35.5. The molecule has 19 heavy (non-hydrogen) atoms. The molecule has 1 heterocycles. The number of likely N-dealkylation sites (tertiary alicyclic amines) is 1. The third-order valence-corrected chi connectivity index (χ3v) is 4.02. The summed E-state index contributed by atoms with van der Waals surface area (Å²) in [6, 6.07) is 5.43.